The van der Waals surface area contributed by atoms with E-state index in [1.807, 2.05) is 0 Å². The van der Waals surface area contributed by atoms with Gasteiger partial charge < -0.3 is 5.32 Å². The van der Waals surface area contributed by atoms with E-state index >= 15 is 0 Å². The fraction of sp³-hybridized carbons (Fsp3) is 0.222. The molecule has 0 aromatic heterocycles. The van der Waals surface area contributed by atoms with E-state index in [-0.39, 0.29) is 10.8 Å². The summed E-state index contributed by atoms with van der Waals surface area (Å²) in [6.07, 6.45) is 0.400. The van der Waals surface area contributed by atoms with Crippen molar-refractivity contribution in [1.82, 2.24) is 0 Å². The predicted molar refractivity (Wildman–Crippen MR) is 53.9 cm³/mol. The molecular formula is C9H11NO3S. The van der Waals surface area contributed by atoms with Crippen LogP contribution in [0, 0.1) is 0 Å². The summed E-state index contributed by atoms with van der Waals surface area (Å²) in [6.45, 7) is 1.75. The van der Waals surface area contributed by atoms with Crippen LogP contribution in [0.5, 0.6) is 0 Å². The molecule has 0 unspecified atom stereocenters. The summed E-state index contributed by atoms with van der Waals surface area (Å²) in [5.74, 6) is -0.0933. The Balaban J connectivity index is 2.78. The third-order valence-corrected chi connectivity index (χ3v) is 2.40. The standard InChI is InChI=1S/C9H11NO3S/c1-2-9(11)10-7-3-5-8(6-4-7)14(12)13/h3-6,14H,2H2,1H3,(H,10,11). The highest BCUT2D eigenvalue weighted by Crippen LogP contribution is 2.10. The van der Waals surface area contributed by atoms with Crippen molar-refractivity contribution in [2.45, 2.75) is 18.2 Å². The van der Waals surface area contributed by atoms with E-state index < -0.39 is 10.7 Å². The molecule has 0 saturated carbocycles. The van der Waals surface area contributed by atoms with Crippen LogP contribution < -0.4 is 5.32 Å². The lowest BCUT2D eigenvalue weighted by atomic mass is 10.3. The zero-order chi connectivity index (χ0) is 10.6. The van der Waals surface area contributed by atoms with E-state index in [2.05, 4.69) is 5.32 Å². The Morgan fingerprint density at radius 3 is 2.29 bits per heavy atom. The molecule has 4 nitrogen and oxygen atoms in total. The highest BCUT2D eigenvalue weighted by Gasteiger charge is 1.99. The number of nitrogens with one attached hydrogen (secondary N) is 1. The first-order chi connectivity index (χ1) is 6.63. The summed E-state index contributed by atoms with van der Waals surface area (Å²) in [6, 6.07) is 6.04. The fourth-order valence-electron chi connectivity index (χ4n) is 0.916. The monoisotopic (exact) mass is 213 g/mol. The largest absolute Gasteiger partial charge is 0.326 e. The van der Waals surface area contributed by atoms with Crippen molar-refractivity contribution in [3.63, 3.8) is 0 Å². The smallest absolute Gasteiger partial charge is 0.224 e. The maximum Gasteiger partial charge on any atom is 0.224 e. The van der Waals surface area contributed by atoms with Crippen molar-refractivity contribution in [3.05, 3.63) is 24.3 Å². The Labute approximate surface area is 83.9 Å². The van der Waals surface area contributed by atoms with Gasteiger partial charge in [-0.2, -0.15) is 0 Å². The first-order valence-electron chi connectivity index (χ1n) is 4.17. The van der Waals surface area contributed by atoms with Crippen LogP contribution in [0.2, 0.25) is 0 Å². The highest BCUT2D eigenvalue weighted by molar-refractivity contribution is 7.72. The number of anilines is 1. The molecule has 0 heterocycles. The van der Waals surface area contributed by atoms with Crippen molar-refractivity contribution >= 4 is 22.3 Å². The average Bonchev–Trinajstić information content (AvgIpc) is 2.18. The quantitative estimate of drug-likeness (QED) is 0.736. The minimum atomic E-state index is -2.54. The van der Waals surface area contributed by atoms with Gasteiger partial charge in [0.15, 0.2) is 10.7 Å². The Bertz CT molecular complexity index is 387. The molecule has 5 heteroatoms. The predicted octanol–water partition coefficient (Wildman–Crippen LogP) is 1.01. The van der Waals surface area contributed by atoms with Crippen molar-refractivity contribution < 1.29 is 13.2 Å². The molecule has 0 bridgehead atoms. The van der Waals surface area contributed by atoms with Gasteiger partial charge in [-0.1, -0.05) is 6.92 Å². The number of rotatable bonds is 3. The molecule has 1 amide bonds. The zero-order valence-corrected chi connectivity index (χ0v) is 8.58. The van der Waals surface area contributed by atoms with Gasteiger partial charge >= 0.3 is 0 Å². The molecule has 1 N–H and O–H groups in total. The number of hydrogen-bond donors (Lipinski definition) is 2. The van der Waals surface area contributed by atoms with Crippen molar-refractivity contribution in [1.29, 1.82) is 0 Å². The number of carbonyl (C=O) groups is 1. The van der Waals surface area contributed by atoms with Crippen LogP contribution in [0.4, 0.5) is 5.69 Å². The van der Waals surface area contributed by atoms with Crippen LogP contribution in [0.1, 0.15) is 13.3 Å². The van der Waals surface area contributed by atoms with Crippen LogP contribution in [0.15, 0.2) is 29.2 Å². The Morgan fingerprint density at radius 2 is 1.86 bits per heavy atom. The van der Waals surface area contributed by atoms with Crippen LogP contribution in [0.25, 0.3) is 0 Å². The summed E-state index contributed by atoms with van der Waals surface area (Å²) < 4.78 is 21.1. The van der Waals surface area contributed by atoms with E-state index in [9.17, 15) is 13.2 Å². The zero-order valence-electron chi connectivity index (χ0n) is 7.69. The van der Waals surface area contributed by atoms with Gasteiger partial charge in [-0.3, -0.25) is 4.79 Å². The second-order valence-electron chi connectivity index (χ2n) is 2.71. The van der Waals surface area contributed by atoms with E-state index in [1.54, 1.807) is 19.1 Å². The van der Waals surface area contributed by atoms with Crippen molar-refractivity contribution in [2.75, 3.05) is 5.32 Å². The van der Waals surface area contributed by atoms with Gasteiger partial charge in [0.1, 0.15) is 0 Å². The van der Waals surface area contributed by atoms with Gasteiger partial charge in [-0.25, -0.2) is 8.42 Å². The molecule has 76 valence electrons. The number of carbonyl (C=O) groups excluding carboxylic acids is 1. The first-order valence-corrected chi connectivity index (χ1v) is 5.35. The van der Waals surface area contributed by atoms with Gasteiger partial charge in [-0.15, -0.1) is 0 Å². The molecule has 0 fully saturated rings. The summed E-state index contributed by atoms with van der Waals surface area (Å²) in [4.78, 5) is 11.2. The Hall–Kier alpha value is -1.36. The molecule has 1 aromatic carbocycles. The molecule has 0 atom stereocenters. The summed E-state index contributed by atoms with van der Waals surface area (Å²) in [7, 11) is -2.54. The third kappa shape index (κ3) is 2.85. The van der Waals surface area contributed by atoms with Crippen molar-refractivity contribution in [2.24, 2.45) is 0 Å². The molecule has 0 aliphatic heterocycles. The molecule has 0 radical (unpaired) electrons. The molecule has 1 aromatic rings. The minimum absolute atomic E-state index is 0.0933. The molecule has 0 saturated heterocycles. The second kappa shape index (κ2) is 4.76. The number of hydrogen-bond acceptors (Lipinski definition) is 3. The topological polar surface area (TPSA) is 63.2 Å². The maximum absolute atomic E-state index is 11.0. The molecule has 14 heavy (non-hydrogen) atoms. The lowest BCUT2D eigenvalue weighted by Crippen LogP contribution is -2.09. The lowest BCUT2D eigenvalue weighted by Gasteiger charge is -2.02. The van der Waals surface area contributed by atoms with Crippen LogP contribution in [-0.2, 0) is 15.5 Å². The van der Waals surface area contributed by atoms with Crippen LogP contribution >= 0.6 is 0 Å². The summed E-state index contributed by atoms with van der Waals surface area (Å²) in [5, 5.41) is 2.62. The lowest BCUT2D eigenvalue weighted by molar-refractivity contribution is -0.115. The maximum atomic E-state index is 11.0. The van der Waals surface area contributed by atoms with Gasteiger partial charge in [-0.05, 0) is 24.3 Å². The third-order valence-electron chi connectivity index (χ3n) is 1.68. The number of amides is 1. The molecule has 0 spiro atoms. The average molecular weight is 213 g/mol. The summed E-state index contributed by atoms with van der Waals surface area (Å²) in [5.41, 5.74) is 0.609. The highest BCUT2D eigenvalue weighted by atomic mass is 32.2. The van der Waals surface area contributed by atoms with E-state index in [4.69, 9.17) is 0 Å². The summed E-state index contributed by atoms with van der Waals surface area (Å²) >= 11 is 0. The Morgan fingerprint density at radius 1 is 1.29 bits per heavy atom. The normalized spacial score (nSPS) is 10.1. The van der Waals surface area contributed by atoms with Crippen LogP contribution in [0.3, 0.4) is 0 Å². The SMILES string of the molecule is CCC(=O)Nc1ccc([SH](=O)=O)cc1. The van der Waals surface area contributed by atoms with Crippen LogP contribution in [-0.4, -0.2) is 14.3 Å². The van der Waals surface area contributed by atoms with E-state index in [0.717, 1.165) is 0 Å². The molecule has 1 rings (SSSR count). The van der Waals surface area contributed by atoms with Gasteiger partial charge in [0.2, 0.25) is 5.91 Å². The van der Waals surface area contributed by atoms with Gasteiger partial charge in [0.05, 0.1) is 4.90 Å². The molecule has 0 aliphatic rings. The molecular weight excluding hydrogens is 202 g/mol. The fourth-order valence-corrected chi connectivity index (χ4v) is 1.31. The molecule has 0 aliphatic carbocycles. The second-order valence-corrected chi connectivity index (χ2v) is 3.74. The van der Waals surface area contributed by atoms with Gasteiger partial charge in [0, 0.05) is 12.1 Å². The number of benzene rings is 1. The van der Waals surface area contributed by atoms with E-state index in [0.29, 0.717) is 12.1 Å². The minimum Gasteiger partial charge on any atom is -0.326 e. The van der Waals surface area contributed by atoms with Gasteiger partial charge in [0.25, 0.3) is 0 Å². The van der Waals surface area contributed by atoms with E-state index in [1.165, 1.54) is 12.1 Å². The number of thiol groups is 1. The van der Waals surface area contributed by atoms with Crippen molar-refractivity contribution in [3.8, 4) is 0 Å². The Kier molecular flexibility index (Phi) is 3.64. The first kappa shape index (κ1) is 10.7.